The summed E-state index contributed by atoms with van der Waals surface area (Å²) in [7, 11) is 0. The van der Waals surface area contributed by atoms with E-state index < -0.39 is 0 Å². The Morgan fingerprint density at radius 1 is 1.22 bits per heavy atom. The third-order valence-corrected chi connectivity index (χ3v) is 4.01. The summed E-state index contributed by atoms with van der Waals surface area (Å²) < 4.78 is 7.93. The van der Waals surface area contributed by atoms with Crippen molar-refractivity contribution >= 4 is 31.9 Å². The second-order valence-electron chi connectivity index (χ2n) is 4.42. The van der Waals surface area contributed by atoms with E-state index in [-0.39, 0.29) is 6.10 Å². The molecule has 1 N–H and O–H groups in total. The monoisotopic (exact) mass is 377 g/mol. The molecule has 102 valence electrons. The molecule has 1 unspecified atom stereocenters. The Labute approximate surface area is 127 Å². The van der Waals surface area contributed by atoms with Crippen LogP contribution < -0.4 is 10.1 Å². The SMILES string of the molecule is CCC(CC)NCC(C)Oc1ccc(Br)cc1Br. The lowest BCUT2D eigenvalue weighted by Gasteiger charge is -2.20. The van der Waals surface area contributed by atoms with Crippen LogP contribution in [0.1, 0.15) is 33.6 Å². The summed E-state index contributed by atoms with van der Waals surface area (Å²) in [5.74, 6) is 0.886. The van der Waals surface area contributed by atoms with Crippen LogP contribution in [0.25, 0.3) is 0 Å². The van der Waals surface area contributed by atoms with Crippen molar-refractivity contribution in [2.24, 2.45) is 0 Å². The number of benzene rings is 1. The van der Waals surface area contributed by atoms with Crippen LogP contribution >= 0.6 is 31.9 Å². The lowest BCUT2D eigenvalue weighted by Crippen LogP contribution is -2.36. The molecule has 0 amide bonds. The Morgan fingerprint density at radius 3 is 2.44 bits per heavy atom. The highest BCUT2D eigenvalue weighted by Gasteiger charge is 2.09. The van der Waals surface area contributed by atoms with Crippen LogP contribution in [0.15, 0.2) is 27.1 Å². The van der Waals surface area contributed by atoms with Gasteiger partial charge in [0.2, 0.25) is 0 Å². The fourth-order valence-electron chi connectivity index (χ4n) is 1.74. The summed E-state index contributed by atoms with van der Waals surface area (Å²) >= 11 is 6.94. The van der Waals surface area contributed by atoms with Crippen molar-refractivity contribution in [1.29, 1.82) is 0 Å². The first-order valence-electron chi connectivity index (χ1n) is 6.41. The van der Waals surface area contributed by atoms with E-state index in [4.69, 9.17) is 4.74 Å². The van der Waals surface area contributed by atoms with Crippen LogP contribution in [0.3, 0.4) is 0 Å². The number of hydrogen-bond donors (Lipinski definition) is 1. The highest BCUT2D eigenvalue weighted by Crippen LogP contribution is 2.28. The minimum atomic E-state index is 0.156. The van der Waals surface area contributed by atoms with Crippen LogP contribution in [0, 0.1) is 0 Å². The molecular formula is C14H21Br2NO. The van der Waals surface area contributed by atoms with Crippen molar-refractivity contribution in [2.75, 3.05) is 6.54 Å². The van der Waals surface area contributed by atoms with Gasteiger partial charge < -0.3 is 10.1 Å². The Hall–Kier alpha value is -0.0600. The summed E-state index contributed by atoms with van der Waals surface area (Å²) in [6, 6.07) is 6.55. The van der Waals surface area contributed by atoms with Crippen molar-refractivity contribution in [3.8, 4) is 5.75 Å². The number of rotatable bonds is 7. The molecule has 1 rings (SSSR count). The summed E-state index contributed by atoms with van der Waals surface area (Å²) in [5, 5.41) is 3.52. The molecule has 0 aromatic heterocycles. The first-order valence-corrected chi connectivity index (χ1v) is 8.00. The topological polar surface area (TPSA) is 21.3 Å². The van der Waals surface area contributed by atoms with Gasteiger partial charge >= 0.3 is 0 Å². The van der Waals surface area contributed by atoms with Crippen LogP contribution in [0.4, 0.5) is 0 Å². The van der Waals surface area contributed by atoms with E-state index in [9.17, 15) is 0 Å². The molecule has 1 aromatic carbocycles. The zero-order valence-corrected chi connectivity index (χ0v) is 14.3. The van der Waals surface area contributed by atoms with Crippen molar-refractivity contribution in [2.45, 2.75) is 45.8 Å². The number of ether oxygens (including phenoxy) is 1. The second-order valence-corrected chi connectivity index (χ2v) is 6.19. The zero-order chi connectivity index (χ0) is 13.5. The quantitative estimate of drug-likeness (QED) is 0.738. The molecule has 0 aliphatic heterocycles. The summed E-state index contributed by atoms with van der Waals surface area (Å²) in [5.41, 5.74) is 0. The van der Waals surface area contributed by atoms with Gasteiger partial charge in [0.1, 0.15) is 11.9 Å². The van der Waals surface area contributed by atoms with Gasteiger partial charge in [-0.15, -0.1) is 0 Å². The Kier molecular flexibility index (Phi) is 7.27. The van der Waals surface area contributed by atoms with E-state index in [0.29, 0.717) is 6.04 Å². The van der Waals surface area contributed by atoms with E-state index in [2.05, 4.69) is 57.9 Å². The number of nitrogens with one attached hydrogen (secondary N) is 1. The van der Waals surface area contributed by atoms with Crippen molar-refractivity contribution < 1.29 is 4.74 Å². The Morgan fingerprint density at radius 2 is 1.89 bits per heavy atom. The summed E-state index contributed by atoms with van der Waals surface area (Å²) in [6.45, 7) is 7.37. The molecule has 0 spiro atoms. The largest absolute Gasteiger partial charge is 0.488 e. The van der Waals surface area contributed by atoms with Gasteiger partial charge in [-0.25, -0.2) is 0 Å². The second kappa shape index (κ2) is 8.18. The average molecular weight is 379 g/mol. The van der Waals surface area contributed by atoms with Gasteiger partial charge in [0.15, 0.2) is 0 Å². The fourth-order valence-corrected chi connectivity index (χ4v) is 2.88. The first kappa shape index (κ1) is 16.0. The Balaban J connectivity index is 2.46. The third-order valence-electron chi connectivity index (χ3n) is 2.90. The lowest BCUT2D eigenvalue weighted by molar-refractivity contribution is 0.209. The molecule has 4 heteroatoms. The standard InChI is InChI=1S/C14H21Br2NO/c1-4-12(5-2)17-9-10(3)18-14-7-6-11(15)8-13(14)16/h6-8,10,12,17H,4-5,9H2,1-3H3. The molecule has 0 saturated carbocycles. The number of halogens is 2. The van der Waals surface area contributed by atoms with Gasteiger partial charge in [-0.3, -0.25) is 0 Å². The van der Waals surface area contributed by atoms with Gasteiger partial charge in [-0.05, 0) is 53.9 Å². The molecular weight excluding hydrogens is 358 g/mol. The number of hydrogen-bond acceptors (Lipinski definition) is 2. The molecule has 1 aromatic rings. The van der Waals surface area contributed by atoms with Gasteiger partial charge in [0.25, 0.3) is 0 Å². The van der Waals surface area contributed by atoms with Crippen LogP contribution in [0.2, 0.25) is 0 Å². The molecule has 0 radical (unpaired) electrons. The molecule has 1 atom stereocenters. The maximum Gasteiger partial charge on any atom is 0.134 e. The first-order chi connectivity index (χ1) is 8.56. The van der Waals surface area contributed by atoms with Crippen LogP contribution in [-0.2, 0) is 0 Å². The van der Waals surface area contributed by atoms with Gasteiger partial charge in [0, 0.05) is 17.1 Å². The molecule has 0 aliphatic rings. The normalized spacial score (nSPS) is 12.8. The van der Waals surface area contributed by atoms with Gasteiger partial charge in [0.05, 0.1) is 4.47 Å². The van der Waals surface area contributed by atoms with Crippen molar-refractivity contribution in [3.63, 3.8) is 0 Å². The molecule has 0 heterocycles. The smallest absolute Gasteiger partial charge is 0.134 e. The highest BCUT2D eigenvalue weighted by molar-refractivity contribution is 9.11. The molecule has 0 saturated heterocycles. The predicted octanol–water partition coefficient (Wildman–Crippen LogP) is 4.76. The lowest BCUT2D eigenvalue weighted by atomic mass is 10.1. The van der Waals surface area contributed by atoms with E-state index >= 15 is 0 Å². The minimum Gasteiger partial charge on any atom is -0.488 e. The van der Waals surface area contributed by atoms with Crippen LogP contribution in [0.5, 0.6) is 5.75 Å². The molecule has 0 fully saturated rings. The van der Waals surface area contributed by atoms with Crippen molar-refractivity contribution in [3.05, 3.63) is 27.1 Å². The van der Waals surface area contributed by atoms with E-state index in [1.54, 1.807) is 0 Å². The van der Waals surface area contributed by atoms with E-state index in [1.807, 2.05) is 18.2 Å². The molecule has 2 nitrogen and oxygen atoms in total. The zero-order valence-electron chi connectivity index (χ0n) is 11.2. The van der Waals surface area contributed by atoms with E-state index in [0.717, 1.165) is 34.1 Å². The maximum absolute atomic E-state index is 5.91. The summed E-state index contributed by atoms with van der Waals surface area (Å²) in [6.07, 6.45) is 2.47. The molecule has 0 bridgehead atoms. The highest BCUT2D eigenvalue weighted by atomic mass is 79.9. The predicted molar refractivity (Wildman–Crippen MR) is 84.3 cm³/mol. The van der Waals surface area contributed by atoms with Gasteiger partial charge in [-0.1, -0.05) is 29.8 Å². The van der Waals surface area contributed by atoms with E-state index in [1.165, 1.54) is 0 Å². The Bertz CT molecular complexity index is 367. The van der Waals surface area contributed by atoms with Gasteiger partial charge in [-0.2, -0.15) is 0 Å². The van der Waals surface area contributed by atoms with Crippen LogP contribution in [-0.4, -0.2) is 18.7 Å². The third kappa shape index (κ3) is 5.29. The average Bonchev–Trinajstić information content (AvgIpc) is 2.34. The molecule has 0 aliphatic carbocycles. The molecule has 18 heavy (non-hydrogen) atoms. The summed E-state index contributed by atoms with van der Waals surface area (Å²) in [4.78, 5) is 0. The minimum absolute atomic E-state index is 0.156. The fraction of sp³-hybridized carbons (Fsp3) is 0.571. The van der Waals surface area contributed by atoms with Crippen molar-refractivity contribution in [1.82, 2.24) is 5.32 Å². The maximum atomic E-state index is 5.91.